The highest BCUT2D eigenvalue weighted by atomic mass is 16.5. The van der Waals surface area contributed by atoms with E-state index in [0.29, 0.717) is 0 Å². The average Bonchev–Trinajstić information content (AvgIpc) is 3.54. The molecule has 0 radical (unpaired) electrons. The van der Waals surface area contributed by atoms with Crippen molar-refractivity contribution in [1.29, 1.82) is 0 Å². The Morgan fingerprint density at radius 3 is 1.57 bits per heavy atom. The molecule has 0 saturated carbocycles. The molecule has 0 bridgehead atoms. The summed E-state index contributed by atoms with van der Waals surface area (Å²) in [5.74, 6) is 2.52. The molecule has 11 rings (SSSR count). The number of para-hydroxylation sites is 2. The summed E-state index contributed by atoms with van der Waals surface area (Å²) in [5.41, 5.74) is 15.6. The molecule has 0 amide bonds. The van der Waals surface area contributed by atoms with Crippen molar-refractivity contribution < 1.29 is 4.74 Å². The summed E-state index contributed by atoms with van der Waals surface area (Å²) in [5, 5.41) is 1.05. The molecule has 1 aliphatic carbocycles. The third kappa shape index (κ3) is 4.55. The van der Waals surface area contributed by atoms with Crippen molar-refractivity contribution in [1.82, 2.24) is 9.97 Å². The van der Waals surface area contributed by atoms with E-state index in [0.717, 1.165) is 67.3 Å². The molecule has 2 aliphatic rings. The van der Waals surface area contributed by atoms with Crippen LogP contribution in [0.4, 0.5) is 0 Å². The Morgan fingerprint density at radius 1 is 0.352 bits per heavy atom. The molecule has 0 saturated heterocycles. The molecule has 0 N–H and O–H groups in total. The van der Waals surface area contributed by atoms with Crippen molar-refractivity contribution >= 4 is 10.9 Å². The van der Waals surface area contributed by atoms with Crippen LogP contribution in [0.2, 0.25) is 0 Å². The van der Waals surface area contributed by atoms with Gasteiger partial charge in [0.1, 0.15) is 11.5 Å². The van der Waals surface area contributed by atoms with Crippen LogP contribution in [-0.2, 0) is 5.41 Å². The molecule has 1 spiro atoms. The predicted molar refractivity (Wildman–Crippen MR) is 219 cm³/mol. The topological polar surface area (TPSA) is 35.0 Å². The van der Waals surface area contributed by atoms with Crippen LogP contribution in [0.3, 0.4) is 0 Å². The highest BCUT2D eigenvalue weighted by Gasteiger charge is 2.50. The van der Waals surface area contributed by atoms with Gasteiger partial charge in [-0.15, -0.1) is 0 Å². The number of fused-ring (bicyclic) bond motifs is 10. The molecule has 0 fully saturated rings. The summed E-state index contributed by atoms with van der Waals surface area (Å²) >= 11 is 0. The van der Waals surface area contributed by atoms with Gasteiger partial charge in [0, 0.05) is 27.6 Å². The fourth-order valence-corrected chi connectivity index (χ4v) is 8.72. The molecule has 54 heavy (non-hydrogen) atoms. The Bertz CT molecular complexity index is 2850. The van der Waals surface area contributed by atoms with Gasteiger partial charge in [0.2, 0.25) is 0 Å². The minimum atomic E-state index is -0.480. The largest absolute Gasteiger partial charge is 0.457 e. The van der Waals surface area contributed by atoms with E-state index < -0.39 is 5.41 Å². The summed E-state index contributed by atoms with van der Waals surface area (Å²) in [6.07, 6.45) is 0. The van der Waals surface area contributed by atoms with Gasteiger partial charge in [-0.05, 0) is 68.8 Å². The number of ether oxygens (including phenoxy) is 1. The van der Waals surface area contributed by atoms with Crippen molar-refractivity contribution in [3.63, 3.8) is 0 Å². The van der Waals surface area contributed by atoms with Gasteiger partial charge in [0.25, 0.3) is 0 Å². The van der Waals surface area contributed by atoms with E-state index in [4.69, 9.17) is 14.7 Å². The Morgan fingerprint density at radius 2 is 0.870 bits per heavy atom. The second kappa shape index (κ2) is 12.0. The van der Waals surface area contributed by atoms with Crippen LogP contribution < -0.4 is 4.74 Å². The van der Waals surface area contributed by atoms with Crippen LogP contribution in [0.25, 0.3) is 66.9 Å². The molecule has 1 aliphatic heterocycles. The number of hydrogen-bond acceptors (Lipinski definition) is 3. The van der Waals surface area contributed by atoms with E-state index in [1.54, 1.807) is 0 Å². The summed E-state index contributed by atoms with van der Waals surface area (Å²) in [4.78, 5) is 10.0. The van der Waals surface area contributed by atoms with Crippen LogP contribution in [0.15, 0.2) is 194 Å². The third-order valence-corrected chi connectivity index (χ3v) is 11.2. The van der Waals surface area contributed by atoms with Crippen LogP contribution in [0, 0.1) is 0 Å². The second-order valence-corrected chi connectivity index (χ2v) is 14.1. The SMILES string of the molecule is c1ccc(-c2nc(-c3ccc(-c4ccc(-c5ccc6c(c5)C5(c7ccccc7O6)c6ccccc6-c6ccccc65)cc4)cc3)nc3ccccc23)cc1. The molecule has 0 unspecified atom stereocenters. The maximum Gasteiger partial charge on any atom is 0.160 e. The summed E-state index contributed by atoms with van der Waals surface area (Å²) in [6.45, 7) is 0. The van der Waals surface area contributed by atoms with Gasteiger partial charge in [-0.2, -0.15) is 0 Å². The Balaban J connectivity index is 0.959. The molecule has 252 valence electrons. The van der Waals surface area contributed by atoms with Gasteiger partial charge >= 0.3 is 0 Å². The maximum atomic E-state index is 6.64. The van der Waals surface area contributed by atoms with Gasteiger partial charge in [-0.3, -0.25) is 0 Å². The number of benzene rings is 8. The van der Waals surface area contributed by atoms with E-state index in [2.05, 4.69) is 176 Å². The molecule has 9 aromatic rings. The summed E-state index contributed by atoms with van der Waals surface area (Å²) in [7, 11) is 0. The number of rotatable bonds is 4. The molecular weight excluding hydrogens is 657 g/mol. The highest BCUT2D eigenvalue weighted by Crippen LogP contribution is 2.62. The van der Waals surface area contributed by atoms with Gasteiger partial charge < -0.3 is 4.74 Å². The van der Waals surface area contributed by atoms with Crippen molar-refractivity contribution in [3.8, 4) is 67.5 Å². The fraction of sp³-hybridized carbons (Fsp3) is 0.0196. The first kappa shape index (κ1) is 30.5. The zero-order chi connectivity index (χ0) is 35.6. The number of nitrogens with zero attached hydrogens (tertiary/aromatic N) is 2. The number of hydrogen-bond donors (Lipinski definition) is 0. The van der Waals surface area contributed by atoms with Gasteiger partial charge in [0.05, 0.1) is 16.6 Å². The smallest absolute Gasteiger partial charge is 0.160 e. The molecular formula is C51H32N2O. The lowest BCUT2D eigenvalue weighted by Gasteiger charge is -2.39. The monoisotopic (exact) mass is 688 g/mol. The molecule has 8 aromatic carbocycles. The summed E-state index contributed by atoms with van der Waals surface area (Å²) < 4.78 is 6.64. The third-order valence-electron chi connectivity index (χ3n) is 11.2. The Kier molecular flexibility index (Phi) is 6.77. The van der Waals surface area contributed by atoms with Crippen LogP contribution in [-0.4, -0.2) is 9.97 Å². The van der Waals surface area contributed by atoms with Gasteiger partial charge in [-0.25, -0.2) is 9.97 Å². The zero-order valence-electron chi connectivity index (χ0n) is 29.3. The van der Waals surface area contributed by atoms with E-state index >= 15 is 0 Å². The van der Waals surface area contributed by atoms with Crippen molar-refractivity contribution in [3.05, 3.63) is 216 Å². The first-order valence-electron chi connectivity index (χ1n) is 18.4. The van der Waals surface area contributed by atoms with E-state index in [9.17, 15) is 0 Å². The van der Waals surface area contributed by atoms with E-state index in [1.165, 1.54) is 33.4 Å². The highest BCUT2D eigenvalue weighted by molar-refractivity contribution is 5.94. The maximum absolute atomic E-state index is 6.64. The lowest BCUT2D eigenvalue weighted by molar-refractivity contribution is 0.436. The molecule has 1 aromatic heterocycles. The first-order valence-corrected chi connectivity index (χ1v) is 18.4. The molecule has 0 atom stereocenters. The molecule has 2 heterocycles. The van der Waals surface area contributed by atoms with E-state index in [1.807, 2.05) is 18.2 Å². The van der Waals surface area contributed by atoms with Crippen molar-refractivity contribution in [2.24, 2.45) is 0 Å². The van der Waals surface area contributed by atoms with Crippen LogP contribution in [0.1, 0.15) is 22.3 Å². The number of aromatic nitrogens is 2. The average molecular weight is 689 g/mol. The van der Waals surface area contributed by atoms with Crippen molar-refractivity contribution in [2.75, 3.05) is 0 Å². The van der Waals surface area contributed by atoms with Crippen molar-refractivity contribution in [2.45, 2.75) is 5.41 Å². The fourth-order valence-electron chi connectivity index (χ4n) is 8.72. The normalized spacial score (nSPS) is 13.1. The first-order chi connectivity index (χ1) is 26.8. The predicted octanol–water partition coefficient (Wildman–Crippen LogP) is 12.8. The zero-order valence-corrected chi connectivity index (χ0v) is 29.3. The van der Waals surface area contributed by atoms with Crippen LogP contribution in [0.5, 0.6) is 11.5 Å². The minimum Gasteiger partial charge on any atom is -0.457 e. The Labute approximate surface area is 313 Å². The standard InChI is InChI=1S/C51H32N2O/c1-2-12-36(13-3-1)49-41-16-6-10-20-46(41)52-50(53-49)37-28-26-34(27-29-37)33-22-24-35(25-23-33)38-30-31-48-45(32-38)51(44-19-9-11-21-47(44)54-48)42-17-7-4-14-39(42)40-15-5-8-18-43(40)51/h1-32H. The van der Waals surface area contributed by atoms with Gasteiger partial charge in [0.15, 0.2) is 5.82 Å². The van der Waals surface area contributed by atoms with Crippen LogP contribution >= 0.6 is 0 Å². The summed E-state index contributed by atoms with van der Waals surface area (Å²) in [6, 6.07) is 68.9. The lowest BCUT2D eigenvalue weighted by atomic mass is 9.66. The minimum absolute atomic E-state index is 0.480. The lowest BCUT2D eigenvalue weighted by Crippen LogP contribution is -2.32. The Hall–Kier alpha value is -7.10. The van der Waals surface area contributed by atoms with E-state index in [-0.39, 0.29) is 0 Å². The van der Waals surface area contributed by atoms with Gasteiger partial charge in [-0.1, -0.05) is 170 Å². The molecule has 3 nitrogen and oxygen atoms in total. The molecule has 3 heteroatoms. The quantitative estimate of drug-likeness (QED) is 0.185. The second-order valence-electron chi connectivity index (χ2n) is 14.1.